The van der Waals surface area contributed by atoms with E-state index in [2.05, 4.69) is 13.8 Å². The summed E-state index contributed by atoms with van der Waals surface area (Å²) in [4.78, 5) is 12.4. The number of benzene rings is 2. The number of hydrogen-bond acceptors (Lipinski definition) is 3. The third-order valence-corrected chi connectivity index (χ3v) is 3.94. The molecule has 0 saturated carbocycles. The van der Waals surface area contributed by atoms with E-state index in [1.807, 2.05) is 6.07 Å². The maximum absolute atomic E-state index is 12.4. The fraction of sp³-hybridized carbons (Fsp3) is 0.381. The molecule has 0 radical (unpaired) electrons. The molecule has 3 nitrogen and oxygen atoms in total. The number of unbranched alkanes of at least 4 members (excludes halogenated alkanes) is 2. The van der Waals surface area contributed by atoms with Crippen LogP contribution in [0.1, 0.15) is 55.5 Å². The summed E-state index contributed by atoms with van der Waals surface area (Å²) in [7, 11) is 0. The minimum atomic E-state index is -0.187. The van der Waals surface area contributed by atoms with Crippen molar-refractivity contribution in [3.05, 3.63) is 59.7 Å². The molecular formula is C21H26O3. The summed E-state index contributed by atoms with van der Waals surface area (Å²) in [5.41, 5.74) is 0.858. The van der Waals surface area contributed by atoms with Gasteiger partial charge in [0.05, 0.1) is 12.2 Å². The number of ether oxygens (including phenoxy) is 1. The third-order valence-electron chi connectivity index (χ3n) is 3.94. The number of ketones is 1. The normalized spacial score (nSPS) is 10.8. The van der Waals surface area contributed by atoms with E-state index >= 15 is 0 Å². The van der Waals surface area contributed by atoms with E-state index in [0.29, 0.717) is 23.5 Å². The molecule has 128 valence electrons. The minimum Gasteiger partial charge on any atom is -0.507 e. The van der Waals surface area contributed by atoms with Gasteiger partial charge in [0.2, 0.25) is 0 Å². The van der Waals surface area contributed by atoms with Gasteiger partial charge in [-0.2, -0.15) is 0 Å². The molecule has 0 aliphatic heterocycles. The van der Waals surface area contributed by atoms with Gasteiger partial charge in [0.15, 0.2) is 5.78 Å². The van der Waals surface area contributed by atoms with E-state index in [0.717, 1.165) is 18.8 Å². The van der Waals surface area contributed by atoms with E-state index in [9.17, 15) is 9.90 Å². The molecule has 3 heteroatoms. The van der Waals surface area contributed by atoms with Crippen LogP contribution in [0.25, 0.3) is 0 Å². The summed E-state index contributed by atoms with van der Waals surface area (Å²) in [5, 5.41) is 10.1. The van der Waals surface area contributed by atoms with Gasteiger partial charge in [-0.1, -0.05) is 63.4 Å². The zero-order valence-electron chi connectivity index (χ0n) is 14.5. The van der Waals surface area contributed by atoms with Crippen molar-refractivity contribution in [2.45, 2.75) is 39.5 Å². The van der Waals surface area contributed by atoms with Crippen LogP contribution in [0.15, 0.2) is 48.5 Å². The Morgan fingerprint density at radius 2 is 1.79 bits per heavy atom. The molecule has 0 aromatic heterocycles. The molecule has 24 heavy (non-hydrogen) atoms. The summed E-state index contributed by atoms with van der Waals surface area (Å²) in [5.74, 6) is 1.12. The molecular weight excluding hydrogens is 300 g/mol. The molecule has 1 N–H and O–H groups in total. The second-order valence-electron chi connectivity index (χ2n) is 6.47. The van der Waals surface area contributed by atoms with E-state index in [1.165, 1.54) is 18.9 Å². The van der Waals surface area contributed by atoms with Crippen LogP contribution in [0.2, 0.25) is 0 Å². The monoisotopic (exact) mass is 326 g/mol. The van der Waals surface area contributed by atoms with Gasteiger partial charge in [-0.05, 0) is 24.5 Å². The van der Waals surface area contributed by atoms with Crippen molar-refractivity contribution in [1.82, 2.24) is 0 Å². The Hall–Kier alpha value is -2.29. The summed E-state index contributed by atoms with van der Waals surface area (Å²) >= 11 is 0. The van der Waals surface area contributed by atoms with Gasteiger partial charge in [0.1, 0.15) is 11.5 Å². The van der Waals surface area contributed by atoms with Crippen LogP contribution in [0, 0.1) is 5.92 Å². The molecule has 0 heterocycles. The van der Waals surface area contributed by atoms with Crippen molar-refractivity contribution in [3.63, 3.8) is 0 Å². The second kappa shape index (κ2) is 9.11. The predicted molar refractivity (Wildman–Crippen MR) is 96.8 cm³/mol. The van der Waals surface area contributed by atoms with Crippen molar-refractivity contribution >= 4 is 5.78 Å². The van der Waals surface area contributed by atoms with E-state index in [1.54, 1.807) is 36.4 Å². The predicted octanol–water partition coefficient (Wildman–Crippen LogP) is 5.22. The number of phenols is 1. The van der Waals surface area contributed by atoms with Crippen LogP contribution in [0.5, 0.6) is 11.5 Å². The molecule has 0 fully saturated rings. The molecule has 2 aromatic rings. The lowest BCUT2D eigenvalue weighted by Gasteiger charge is -2.09. The average molecular weight is 326 g/mol. The van der Waals surface area contributed by atoms with Crippen LogP contribution in [-0.2, 0) is 0 Å². The third kappa shape index (κ3) is 5.41. The van der Waals surface area contributed by atoms with Crippen molar-refractivity contribution in [2.24, 2.45) is 5.92 Å². The number of carbonyl (C=O) groups is 1. The van der Waals surface area contributed by atoms with Gasteiger partial charge in [0, 0.05) is 11.6 Å². The van der Waals surface area contributed by atoms with Crippen LogP contribution >= 0.6 is 0 Å². The topological polar surface area (TPSA) is 46.5 Å². The molecule has 0 bridgehead atoms. The maximum Gasteiger partial charge on any atom is 0.196 e. The first kappa shape index (κ1) is 18.1. The highest BCUT2D eigenvalue weighted by atomic mass is 16.5. The Bertz CT molecular complexity index is 647. The molecule has 0 amide bonds. The highest BCUT2D eigenvalue weighted by molar-refractivity contribution is 6.10. The van der Waals surface area contributed by atoms with Crippen LogP contribution in [0.4, 0.5) is 0 Å². The van der Waals surface area contributed by atoms with Crippen molar-refractivity contribution in [2.75, 3.05) is 6.61 Å². The van der Waals surface area contributed by atoms with Gasteiger partial charge in [-0.3, -0.25) is 4.79 Å². The van der Waals surface area contributed by atoms with Gasteiger partial charge < -0.3 is 9.84 Å². The molecule has 2 rings (SSSR count). The Morgan fingerprint density at radius 1 is 1.04 bits per heavy atom. The molecule has 2 aromatic carbocycles. The zero-order valence-corrected chi connectivity index (χ0v) is 14.5. The fourth-order valence-electron chi connectivity index (χ4n) is 2.56. The minimum absolute atomic E-state index is 0.0406. The van der Waals surface area contributed by atoms with Crippen molar-refractivity contribution in [3.8, 4) is 11.5 Å². The van der Waals surface area contributed by atoms with E-state index < -0.39 is 0 Å². The summed E-state index contributed by atoms with van der Waals surface area (Å²) in [6, 6.07) is 13.8. The van der Waals surface area contributed by atoms with Crippen LogP contribution < -0.4 is 4.74 Å². The lowest BCUT2D eigenvalue weighted by molar-refractivity contribution is 0.103. The first-order valence-corrected chi connectivity index (χ1v) is 8.63. The summed E-state index contributed by atoms with van der Waals surface area (Å²) in [6.07, 6.45) is 4.61. The van der Waals surface area contributed by atoms with Crippen LogP contribution in [-0.4, -0.2) is 17.5 Å². The quantitative estimate of drug-likeness (QED) is 0.508. The Balaban J connectivity index is 1.87. The highest BCUT2D eigenvalue weighted by Gasteiger charge is 2.13. The molecule has 0 unspecified atom stereocenters. The van der Waals surface area contributed by atoms with E-state index in [-0.39, 0.29) is 11.5 Å². The Morgan fingerprint density at radius 3 is 2.46 bits per heavy atom. The Labute approximate surface area is 144 Å². The number of carbonyl (C=O) groups excluding carboxylic acids is 1. The fourth-order valence-corrected chi connectivity index (χ4v) is 2.56. The number of hydrogen-bond donors (Lipinski definition) is 1. The van der Waals surface area contributed by atoms with Crippen molar-refractivity contribution in [1.29, 1.82) is 0 Å². The molecule has 0 atom stereocenters. The van der Waals surface area contributed by atoms with Gasteiger partial charge >= 0.3 is 0 Å². The second-order valence-corrected chi connectivity index (χ2v) is 6.47. The summed E-state index contributed by atoms with van der Waals surface area (Å²) < 4.78 is 5.66. The van der Waals surface area contributed by atoms with Crippen molar-refractivity contribution < 1.29 is 14.6 Å². The zero-order chi connectivity index (χ0) is 17.4. The number of phenolic OH excluding ortho intramolecular Hbond substituents is 1. The smallest absolute Gasteiger partial charge is 0.196 e. The van der Waals surface area contributed by atoms with Gasteiger partial charge in [-0.25, -0.2) is 0 Å². The maximum atomic E-state index is 12.4. The molecule has 0 aliphatic rings. The average Bonchev–Trinajstić information content (AvgIpc) is 2.58. The number of rotatable bonds is 9. The standard InChI is InChI=1S/C21H26O3/c1-16(2)9-5-4-8-14-24-18-12-13-19(20(22)15-18)21(23)17-10-6-3-7-11-17/h3,6-7,10-13,15-16,22H,4-5,8-9,14H2,1-2H3. The van der Waals surface area contributed by atoms with E-state index in [4.69, 9.17) is 4.74 Å². The lowest BCUT2D eigenvalue weighted by Crippen LogP contribution is -2.02. The molecule has 0 aliphatic carbocycles. The Kier molecular flexibility index (Phi) is 6.86. The first-order chi connectivity index (χ1) is 11.6. The number of aromatic hydroxyl groups is 1. The van der Waals surface area contributed by atoms with Gasteiger partial charge in [-0.15, -0.1) is 0 Å². The highest BCUT2D eigenvalue weighted by Crippen LogP contribution is 2.26. The lowest BCUT2D eigenvalue weighted by atomic mass is 10.0. The largest absolute Gasteiger partial charge is 0.507 e. The van der Waals surface area contributed by atoms with Crippen LogP contribution in [0.3, 0.4) is 0 Å². The first-order valence-electron chi connectivity index (χ1n) is 8.63. The SMILES string of the molecule is CC(C)CCCCCOc1ccc(C(=O)c2ccccc2)c(O)c1. The molecule has 0 spiro atoms. The molecule has 0 saturated heterocycles. The van der Waals surface area contributed by atoms with Gasteiger partial charge in [0.25, 0.3) is 0 Å². The summed E-state index contributed by atoms with van der Waals surface area (Å²) in [6.45, 7) is 5.10.